The monoisotopic (exact) mass is 418 g/mol. The minimum absolute atomic E-state index is 0.160. The molecule has 1 saturated heterocycles. The van der Waals surface area contributed by atoms with Gasteiger partial charge in [0.15, 0.2) is 18.2 Å². The van der Waals surface area contributed by atoms with Crippen molar-refractivity contribution in [1.82, 2.24) is 9.62 Å². The van der Waals surface area contributed by atoms with Crippen LogP contribution in [0.3, 0.4) is 0 Å². The van der Waals surface area contributed by atoms with Crippen molar-refractivity contribution in [2.45, 2.75) is 43.5 Å². The Morgan fingerprint density at radius 3 is 2.61 bits per heavy atom. The van der Waals surface area contributed by atoms with Crippen molar-refractivity contribution in [3.8, 4) is 5.75 Å². The Morgan fingerprint density at radius 2 is 2.00 bits per heavy atom. The van der Waals surface area contributed by atoms with Gasteiger partial charge in [-0.1, -0.05) is 0 Å². The van der Waals surface area contributed by atoms with Crippen molar-refractivity contribution < 1.29 is 31.5 Å². The van der Waals surface area contributed by atoms with Gasteiger partial charge in [0.25, 0.3) is 5.91 Å². The lowest BCUT2D eigenvalue weighted by atomic mass is 10.1. The van der Waals surface area contributed by atoms with Crippen molar-refractivity contribution in [2.75, 3.05) is 26.9 Å². The van der Waals surface area contributed by atoms with Gasteiger partial charge in [-0.3, -0.25) is 4.79 Å². The lowest BCUT2D eigenvalue weighted by Crippen LogP contribution is -2.50. The van der Waals surface area contributed by atoms with Gasteiger partial charge in [0.1, 0.15) is 5.82 Å². The number of amides is 1. The molecule has 3 rings (SSSR count). The SMILES string of the molecule is COCC1C(NS(=O)(=O)C2CC2)CCN1C(=O)COc1c(C)cc(F)cc1F. The van der Waals surface area contributed by atoms with Gasteiger partial charge < -0.3 is 14.4 Å². The lowest BCUT2D eigenvalue weighted by Gasteiger charge is -2.28. The molecule has 2 aliphatic rings. The van der Waals surface area contributed by atoms with Gasteiger partial charge >= 0.3 is 0 Å². The molecule has 0 radical (unpaired) electrons. The summed E-state index contributed by atoms with van der Waals surface area (Å²) in [6.07, 6.45) is 1.75. The molecule has 2 fully saturated rings. The van der Waals surface area contributed by atoms with Gasteiger partial charge in [0.2, 0.25) is 10.0 Å². The number of nitrogens with zero attached hydrogens (tertiary/aromatic N) is 1. The molecule has 1 saturated carbocycles. The summed E-state index contributed by atoms with van der Waals surface area (Å²) in [5, 5.41) is -0.354. The van der Waals surface area contributed by atoms with Gasteiger partial charge in [-0.25, -0.2) is 21.9 Å². The maximum Gasteiger partial charge on any atom is 0.260 e. The van der Waals surface area contributed by atoms with E-state index in [0.29, 0.717) is 31.9 Å². The largest absolute Gasteiger partial charge is 0.480 e. The number of carbonyl (C=O) groups excluding carboxylic acids is 1. The third-order valence-electron chi connectivity index (χ3n) is 5.02. The molecule has 10 heteroatoms. The molecule has 156 valence electrons. The predicted molar refractivity (Wildman–Crippen MR) is 97.4 cm³/mol. The van der Waals surface area contributed by atoms with Crippen molar-refractivity contribution in [3.05, 3.63) is 29.3 Å². The molecule has 1 aromatic carbocycles. The Bertz CT molecular complexity index is 821. The summed E-state index contributed by atoms with van der Waals surface area (Å²) in [7, 11) is -1.93. The zero-order valence-corrected chi connectivity index (χ0v) is 16.6. The molecule has 2 atom stereocenters. The fourth-order valence-electron chi connectivity index (χ4n) is 3.45. The summed E-state index contributed by atoms with van der Waals surface area (Å²) in [6, 6.07) is 0.890. The number of sulfonamides is 1. The number of benzene rings is 1. The van der Waals surface area contributed by atoms with E-state index >= 15 is 0 Å². The second-order valence-electron chi connectivity index (χ2n) is 7.19. The first kappa shape index (κ1) is 20.9. The van der Waals surface area contributed by atoms with Gasteiger partial charge in [0, 0.05) is 25.8 Å². The lowest BCUT2D eigenvalue weighted by molar-refractivity contribution is -0.135. The van der Waals surface area contributed by atoms with Crippen LogP contribution in [0.15, 0.2) is 12.1 Å². The first-order valence-corrected chi connectivity index (χ1v) is 10.7. The quantitative estimate of drug-likeness (QED) is 0.689. The molecule has 1 aromatic rings. The summed E-state index contributed by atoms with van der Waals surface area (Å²) in [6.45, 7) is 1.54. The van der Waals surface area contributed by atoms with Crippen molar-refractivity contribution >= 4 is 15.9 Å². The highest BCUT2D eigenvalue weighted by atomic mass is 32.2. The molecule has 1 aliphatic carbocycles. The molecular weight excluding hydrogens is 394 g/mol. The Balaban J connectivity index is 1.65. The highest BCUT2D eigenvalue weighted by molar-refractivity contribution is 7.90. The smallest absolute Gasteiger partial charge is 0.260 e. The minimum atomic E-state index is -3.40. The third-order valence-corrected chi connectivity index (χ3v) is 7.00. The number of rotatable bonds is 8. The van der Waals surface area contributed by atoms with Crippen LogP contribution in [-0.2, 0) is 19.6 Å². The Hall–Kier alpha value is -1.78. The van der Waals surface area contributed by atoms with E-state index in [-0.39, 0.29) is 23.2 Å². The van der Waals surface area contributed by atoms with Crippen molar-refractivity contribution in [1.29, 1.82) is 0 Å². The van der Waals surface area contributed by atoms with E-state index < -0.39 is 46.3 Å². The molecule has 2 unspecified atom stereocenters. The van der Waals surface area contributed by atoms with Crippen LogP contribution in [-0.4, -0.2) is 63.4 Å². The average molecular weight is 418 g/mol. The molecule has 0 spiro atoms. The number of halogens is 2. The van der Waals surface area contributed by atoms with E-state index in [2.05, 4.69) is 4.72 Å². The number of carbonyl (C=O) groups is 1. The van der Waals surface area contributed by atoms with E-state index in [9.17, 15) is 22.0 Å². The van der Waals surface area contributed by atoms with Crippen LogP contribution < -0.4 is 9.46 Å². The number of hydrogen-bond donors (Lipinski definition) is 1. The first-order valence-electron chi connectivity index (χ1n) is 9.11. The maximum atomic E-state index is 13.9. The topological polar surface area (TPSA) is 84.9 Å². The predicted octanol–water partition coefficient (Wildman–Crippen LogP) is 1.35. The summed E-state index contributed by atoms with van der Waals surface area (Å²) < 4.78 is 64.7. The van der Waals surface area contributed by atoms with E-state index in [1.165, 1.54) is 18.9 Å². The average Bonchev–Trinajstić information content (AvgIpc) is 3.39. The second-order valence-corrected chi connectivity index (χ2v) is 9.18. The fraction of sp³-hybridized carbons (Fsp3) is 0.611. The first-order chi connectivity index (χ1) is 13.2. The van der Waals surface area contributed by atoms with Crippen molar-refractivity contribution in [2.24, 2.45) is 0 Å². The zero-order chi connectivity index (χ0) is 20.5. The Labute approximate surface area is 163 Å². The summed E-state index contributed by atoms with van der Waals surface area (Å²) in [5.74, 6) is -2.20. The Kier molecular flexibility index (Phi) is 6.21. The number of ether oxygens (including phenoxy) is 2. The summed E-state index contributed by atoms with van der Waals surface area (Å²) in [4.78, 5) is 14.1. The second kappa shape index (κ2) is 8.30. The molecule has 1 N–H and O–H groups in total. The number of nitrogens with one attached hydrogen (secondary N) is 1. The van der Waals surface area contributed by atoms with E-state index in [1.54, 1.807) is 0 Å². The number of aryl methyl sites for hydroxylation is 1. The molecule has 1 amide bonds. The van der Waals surface area contributed by atoms with Crippen LogP contribution in [0.2, 0.25) is 0 Å². The van der Waals surface area contributed by atoms with Crippen LogP contribution in [0.1, 0.15) is 24.8 Å². The molecule has 0 bridgehead atoms. The molecule has 0 aromatic heterocycles. The third kappa shape index (κ3) is 4.61. The van der Waals surface area contributed by atoms with E-state index in [4.69, 9.17) is 9.47 Å². The number of likely N-dealkylation sites (tertiary alicyclic amines) is 1. The van der Waals surface area contributed by atoms with Crippen LogP contribution in [0.4, 0.5) is 8.78 Å². The molecule has 28 heavy (non-hydrogen) atoms. The number of methoxy groups -OCH3 is 1. The van der Waals surface area contributed by atoms with Gasteiger partial charge in [-0.05, 0) is 37.8 Å². The van der Waals surface area contributed by atoms with Crippen LogP contribution in [0.5, 0.6) is 5.75 Å². The van der Waals surface area contributed by atoms with Gasteiger partial charge in [0.05, 0.1) is 17.9 Å². The van der Waals surface area contributed by atoms with Crippen LogP contribution >= 0.6 is 0 Å². The normalized spacial score (nSPS) is 22.5. The summed E-state index contributed by atoms with van der Waals surface area (Å²) >= 11 is 0. The minimum Gasteiger partial charge on any atom is -0.480 e. The zero-order valence-electron chi connectivity index (χ0n) is 15.8. The molecule has 1 heterocycles. The maximum absolute atomic E-state index is 13.9. The fourth-order valence-corrected chi connectivity index (χ4v) is 5.10. The van der Waals surface area contributed by atoms with E-state index in [0.717, 1.165) is 6.07 Å². The van der Waals surface area contributed by atoms with Crippen LogP contribution in [0.25, 0.3) is 0 Å². The molecule has 7 nitrogen and oxygen atoms in total. The highest BCUT2D eigenvalue weighted by Gasteiger charge is 2.43. The number of hydrogen-bond acceptors (Lipinski definition) is 5. The summed E-state index contributed by atoms with van der Waals surface area (Å²) in [5.41, 5.74) is 0.246. The van der Waals surface area contributed by atoms with Crippen LogP contribution in [0, 0.1) is 18.6 Å². The molecule has 1 aliphatic heterocycles. The van der Waals surface area contributed by atoms with Gasteiger partial charge in [-0.15, -0.1) is 0 Å². The highest BCUT2D eigenvalue weighted by Crippen LogP contribution is 2.30. The molecular formula is C18H24F2N2O5S. The Morgan fingerprint density at radius 1 is 1.29 bits per heavy atom. The van der Waals surface area contributed by atoms with Crippen molar-refractivity contribution in [3.63, 3.8) is 0 Å². The van der Waals surface area contributed by atoms with Gasteiger partial charge in [-0.2, -0.15) is 0 Å². The standard InChI is InChI=1S/C18H24F2N2O5S/c1-11-7-12(19)8-14(20)18(11)27-10-17(23)22-6-5-15(16(22)9-26-2)21-28(24,25)13-3-4-13/h7-8,13,15-16,21H,3-6,9-10H2,1-2H3. The van der Waals surface area contributed by atoms with E-state index in [1.807, 2.05) is 0 Å².